The van der Waals surface area contributed by atoms with Crippen LogP contribution >= 0.6 is 0 Å². The van der Waals surface area contributed by atoms with Gasteiger partial charge in [-0.25, -0.2) is 0 Å². The molecule has 1 aromatic heterocycles. The van der Waals surface area contributed by atoms with Gasteiger partial charge in [-0.1, -0.05) is 31.4 Å². The van der Waals surface area contributed by atoms with Gasteiger partial charge >= 0.3 is 0 Å². The molecule has 0 aliphatic heterocycles. The van der Waals surface area contributed by atoms with E-state index in [1.807, 2.05) is 19.2 Å². The number of unbranched alkanes of at least 4 members (excludes halogenated alkanes) is 2. The molecule has 2 rings (SSSR count). The van der Waals surface area contributed by atoms with Crippen LogP contribution in [0.4, 0.5) is 5.82 Å². The molecule has 0 aliphatic rings. The fourth-order valence-electron chi connectivity index (χ4n) is 2.62. The maximum Gasteiger partial charge on any atom is 0.129 e. The summed E-state index contributed by atoms with van der Waals surface area (Å²) in [4.78, 5) is 0. The quantitative estimate of drug-likeness (QED) is 0.824. The summed E-state index contributed by atoms with van der Waals surface area (Å²) in [5.41, 5.74) is 10.6. The molecule has 0 bridgehead atoms. The Hall–Kier alpha value is -1.97. The highest BCUT2D eigenvalue weighted by Gasteiger charge is 2.18. The van der Waals surface area contributed by atoms with Crippen LogP contribution in [0.2, 0.25) is 0 Å². The Morgan fingerprint density at radius 1 is 1.29 bits per heavy atom. The zero-order valence-corrected chi connectivity index (χ0v) is 13.4. The Labute approximate surface area is 126 Å². The predicted octanol–water partition coefficient (Wildman–Crippen LogP) is 3.72. The molecule has 1 heterocycles. The van der Waals surface area contributed by atoms with Crippen molar-refractivity contribution in [3.63, 3.8) is 0 Å². The molecule has 0 amide bonds. The zero-order valence-electron chi connectivity index (χ0n) is 13.4. The number of hydrogen-bond acceptors (Lipinski definition) is 3. The number of nitrogens with two attached hydrogens (primary N) is 1. The largest absolute Gasteiger partial charge is 0.496 e. The molecular weight excluding hydrogens is 262 g/mol. The molecule has 0 saturated heterocycles. The summed E-state index contributed by atoms with van der Waals surface area (Å²) in [6, 6.07) is 6.16. The molecule has 0 unspecified atom stereocenters. The lowest BCUT2D eigenvalue weighted by Gasteiger charge is -2.11. The van der Waals surface area contributed by atoms with Gasteiger partial charge in [0.15, 0.2) is 0 Å². The van der Waals surface area contributed by atoms with Crippen LogP contribution in [0.1, 0.15) is 37.4 Å². The highest BCUT2D eigenvalue weighted by molar-refractivity contribution is 5.81. The van der Waals surface area contributed by atoms with E-state index in [2.05, 4.69) is 25.0 Å². The second-order valence-electron chi connectivity index (χ2n) is 5.49. The highest BCUT2D eigenvalue weighted by atomic mass is 16.5. The summed E-state index contributed by atoms with van der Waals surface area (Å²) < 4.78 is 7.27. The van der Waals surface area contributed by atoms with Crippen LogP contribution in [0.5, 0.6) is 5.75 Å². The van der Waals surface area contributed by atoms with Crippen LogP contribution < -0.4 is 10.5 Å². The Morgan fingerprint density at radius 2 is 2.05 bits per heavy atom. The third kappa shape index (κ3) is 3.20. The molecule has 1 aromatic carbocycles. The molecular formula is C17H25N3O. The first-order chi connectivity index (χ1) is 10.1. The fourth-order valence-corrected chi connectivity index (χ4v) is 2.62. The van der Waals surface area contributed by atoms with E-state index in [0.717, 1.165) is 35.4 Å². The molecule has 4 heteroatoms. The third-order valence-electron chi connectivity index (χ3n) is 3.81. The monoisotopic (exact) mass is 287 g/mol. The lowest BCUT2D eigenvalue weighted by Crippen LogP contribution is -1.98. The van der Waals surface area contributed by atoms with Gasteiger partial charge in [-0.15, -0.1) is 0 Å². The summed E-state index contributed by atoms with van der Waals surface area (Å²) >= 11 is 0. The minimum atomic E-state index is 0.699. The lowest BCUT2D eigenvalue weighted by atomic mass is 9.99. The van der Waals surface area contributed by atoms with E-state index < -0.39 is 0 Å². The van der Waals surface area contributed by atoms with Crippen LogP contribution in [0.15, 0.2) is 18.2 Å². The molecule has 21 heavy (non-hydrogen) atoms. The molecule has 2 aromatic rings. The van der Waals surface area contributed by atoms with E-state index in [9.17, 15) is 0 Å². The van der Waals surface area contributed by atoms with Crippen molar-refractivity contribution in [2.24, 2.45) is 7.05 Å². The molecule has 2 N–H and O–H groups in total. The molecule has 0 atom stereocenters. The first kappa shape index (κ1) is 15.4. The number of anilines is 1. The summed E-state index contributed by atoms with van der Waals surface area (Å²) in [6.45, 7) is 4.28. The van der Waals surface area contributed by atoms with Gasteiger partial charge in [0, 0.05) is 12.6 Å². The van der Waals surface area contributed by atoms with Gasteiger partial charge in [0.05, 0.1) is 18.4 Å². The molecule has 0 aliphatic carbocycles. The van der Waals surface area contributed by atoms with E-state index in [1.54, 1.807) is 11.8 Å². The Bertz CT molecular complexity index is 617. The minimum absolute atomic E-state index is 0.699. The summed E-state index contributed by atoms with van der Waals surface area (Å²) in [7, 11) is 3.59. The van der Waals surface area contributed by atoms with Crippen LogP contribution in [0.25, 0.3) is 11.1 Å². The van der Waals surface area contributed by atoms with Gasteiger partial charge in [-0.2, -0.15) is 5.10 Å². The summed E-state index contributed by atoms with van der Waals surface area (Å²) in [5, 5.41) is 4.60. The second kappa shape index (κ2) is 6.66. The molecule has 0 fully saturated rings. The van der Waals surface area contributed by atoms with Crippen LogP contribution in [-0.2, 0) is 13.5 Å². The van der Waals surface area contributed by atoms with Gasteiger partial charge < -0.3 is 10.5 Å². The van der Waals surface area contributed by atoms with E-state index in [4.69, 9.17) is 10.5 Å². The molecule has 114 valence electrons. The van der Waals surface area contributed by atoms with Gasteiger partial charge in [0.25, 0.3) is 0 Å². The SMILES string of the molecule is CCCCCc1nn(C)c(N)c1-c1cc(C)ccc1OC. The Kier molecular flexibility index (Phi) is 4.89. The van der Waals surface area contributed by atoms with Crippen molar-refractivity contribution in [1.29, 1.82) is 0 Å². The van der Waals surface area contributed by atoms with E-state index >= 15 is 0 Å². The number of hydrogen-bond donors (Lipinski definition) is 1. The van der Waals surface area contributed by atoms with Crippen LogP contribution in [0.3, 0.4) is 0 Å². The van der Waals surface area contributed by atoms with Gasteiger partial charge in [-0.05, 0) is 31.9 Å². The molecule has 0 saturated carbocycles. The maximum atomic E-state index is 6.26. The van der Waals surface area contributed by atoms with Crippen molar-refractivity contribution in [2.75, 3.05) is 12.8 Å². The first-order valence-corrected chi connectivity index (χ1v) is 7.54. The molecule has 4 nitrogen and oxygen atoms in total. The predicted molar refractivity (Wildman–Crippen MR) is 87.6 cm³/mol. The second-order valence-corrected chi connectivity index (χ2v) is 5.49. The minimum Gasteiger partial charge on any atom is -0.496 e. The van der Waals surface area contributed by atoms with E-state index in [-0.39, 0.29) is 0 Å². The standard InChI is InChI=1S/C17H25N3O/c1-5-6-7-8-14-16(17(18)20(3)19-14)13-11-12(2)9-10-15(13)21-4/h9-11H,5-8,18H2,1-4H3. The normalized spacial score (nSPS) is 10.9. The fraction of sp³-hybridized carbons (Fsp3) is 0.471. The number of rotatable bonds is 6. The topological polar surface area (TPSA) is 53.1 Å². The Morgan fingerprint density at radius 3 is 2.71 bits per heavy atom. The summed E-state index contributed by atoms with van der Waals surface area (Å²) in [6.07, 6.45) is 4.49. The number of aromatic nitrogens is 2. The van der Waals surface area contributed by atoms with Crippen molar-refractivity contribution < 1.29 is 4.74 Å². The first-order valence-electron chi connectivity index (χ1n) is 7.54. The molecule has 0 spiro atoms. The number of ether oxygens (including phenoxy) is 1. The summed E-state index contributed by atoms with van der Waals surface area (Å²) in [5.74, 6) is 1.54. The number of aryl methyl sites for hydroxylation is 3. The van der Waals surface area contributed by atoms with Crippen LogP contribution in [-0.4, -0.2) is 16.9 Å². The van der Waals surface area contributed by atoms with Gasteiger partial charge in [-0.3, -0.25) is 4.68 Å². The van der Waals surface area contributed by atoms with E-state index in [1.165, 1.54) is 18.4 Å². The van der Waals surface area contributed by atoms with Crippen molar-refractivity contribution in [2.45, 2.75) is 39.5 Å². The number of nitrogens with zero attached hydrogens (tertiary/aromatic N) is 2. The lowest BCUT2D eigenvalue weighted by molar-refractivity contribution is 0.416. The maximum absolute atomic E-state index is 6.26. The average Bonchev–Trinajstić information content (AvgIpc) is 2.74. The third-order valence-corrected chi connectivity index (χ3v) is 3.81. The number of methoxy groups -OCH3 is 1. The molecule has 0 radical (unpaired) electrons. The van der Waals surface area contributed by atoms with Gasteiger partial charge in [0.2, 0.25) is 0 Å². The van der Waals surface area contributed by atoms with Crippen molar-refractivity contribution >= 4 is 5.82 Å². The zero-order chi connectivity index (χ0) is 15.4. The van der Waals surface area contributed by atoms with Crippen molar-refractivity contribution in [1.82, 2.24) is 9.78 Å². The number of benzene rings is 1. The number of nitrogen functional groups attached to an aromatic ring is 1. The van der Waals surface area contributed by atoms with Gasteiger partial charge in [0.1, 0.15) is 11.6 Å². The van der Waals surface area contributed by atoms with E-state index in [0.29, 0.717) is 5.82 Å². The van der Waals surface area contributed by atoms with Crippen molar-refractivity contribution in [3.05, 3.63) is 29.5 Å². The smallest absolute Gasteiger partial charge is 0.129 e. The highest BCUT2D eigenvalue weighted by Crippen LogP contribution is 2.37. The average molecular weight is 287 g/mol. The van der Waals surface area contributed by atoms with Crippen LogP contribution in [0, 0.1) is 6.92 Å². The Balaban J connectivity index is 2.49. The van der Waals surface area contributed by atoms with Crippen molar-refractivity contribution in [3.8, 4) is 16.9 Å².